The summed E-state index contributed by atoms with van der Waals surface area (Å²) in [4.78, 5) is 28.8. The second-order valence-electron chi connectivity index (χ2n) is 4.58. The highest BCUT2D eigenvalue weighted by Crippen LogP contribution is 2.31. The number of benzene rings is 1. The van der Waals surface area contributed by atoms with Gasteiger partial charge in [-0.1, -0.05) is 6.07 Å². The molecule has 126 valence electrons. The summed E-state index contributed by atoms with van der Waals surface area (Å²) in [6.45, 7) is 1.26. The van der Waals surface area contributed by atoms with Gasteiger partial charge in [-0.2, -0.15) is 4.98 Å². The smallest absolute Gasteiger partial charge is 0.332 e. The Morgan fingerprint density at radius 3 is 2.46 bits per heavy atom. The van der Waals surface area contributed by atoms with Crippen LogP contribution in [0.3, 0.4) is 0 Å². The molecule has 1 unspecified atom stereocenters. The van der Waals surface area contributed by atoms with Crippen molar-refractivity contribution < 1.29 is 23.6 Å². The van der Waals surface area contributed by atoms with E-state index in [4.69, 9.17) is 11.6 Å². The van der Waals surface area contributed by atoms with Crippen molar-refractivity contribution in [2.75, 3.05) is 5.32 Å². The number of halogens is 3. The highest BCUT2D eigenvalue weighted by Gasteiger charge is 2.31. The molecule has 0 saturated carbocycles. The van der Waals surface area contributed by atoms with E-state index >= 15 is 0 Å². The lowest BCUT2D eigenvalue weighted by Crippen LogP contribution is -2.24. The summed E-state index contributed by atoms with van der Waals surface area (Å²) in [5, 5.41) is 22.1. The first kappa shape index (κ1) is 17.5. The first-order valence-electron chi connectivity index (χ1n) is 6.34. The predicted octanol–water partition coefficient (Wildman–Crippen LogP) is 2.86. The van der Waals surface area contributed by atoms with Crippen molar-refractivity contribution in [3.8, 4) is 0 Å². The molecule has 11 heteroatoms. The van der Waals surface area contributed by atoms with Gasteiger partial charge in [-0.15, -0.1) is 0 Å². The normalized spacial score (nSPS) is 11.8. The molecule has 24 heavy (non-hydrogen) atoms. The van der Waals surface area contributed by atoms with Crippen molar-refractivity contribution in [2.45, 2.75) is 13.0 Å². The zero-order valence-corrected chi connectivity index (χ0v) is 12.7. The summed E-state index contributed by atoms with van der Waals surface area (Å²) in [7, 11) is 0. The molecule has 1 atom stereocenters. The molecule has 1 aromatic carbocycles. The van der Waals surface area contributed by atoms with Gasteiger partial charge in [-0.25, -0.2) is 18.6 Å². The Labute approximate surface area is 138 Å². The Bertz CT molecular complexity index is 814. The molecule has 0 saturated heterocycles. The fourth-order valence-electron chi connectivity index (χ4n) is 2.03. The standard InChI is InChI=1S/C13H9ClF2N4O4/c1-5-10(20(23)24)11(19-13(14)17-5)18-9(12(21)22)8-6(15)3-2-4-7(8)16/h2-4,9H,1H3,(H,21,22)(H,17,18,19). The first-order valence-corrected chi connectivity index (χ1v) is 6.72. The van der Waals surface area contributed by atoms with Crippen LogP contribution in [-0.2, 0) is 4.79 Å². The molecule has 0 bridgehead atoms. The van der Waals surface area contributed by atoms with Crippen LogP contribution in [0.1, 0.15) is 17.3 Å². The Hall–Kier alpha value is -2.88. The number of nitrogens with zero attached hydrogens (tertiary/aromatic N) is 3. The van der Waals surface area contributed by atoms with Gasteiger partial charge in [0.15, 0.2) is 6.04 Å². The molecule has 0 aliphatic heterocycles. The van der Waals surface area contributed by atoms with E-state index in [9.17, 15) is 28.8 Å². The van der Waals surface area contributed by atoms with Crippen LogP contribution in [0, 0.1) is 28.7 Å². The van der Waals surface area contributed by atoms with Crippen molar-refractivity contribution in [3.63, 3.8) is 0 Å². The molecule has 0 aliphatic rings. The number of rotatable bonds is 5. The zero-order chi connectivity index (χ0) is 18.0. The lowest BCUT2D eigenvalue weighted by atomic mass is 10.1. The third kappa shape index (κ3) is 3.38. The maximum atomic E-state index is 13.8. The van der Waals surface area contributed by atoms with Crippen molar-refractivity contribution in [3.05, 3.63) is 56.5 Å². The number of aryl methyl sites for hydroxylation is 1. The number of carbonyl (C=O) groups is 1. The highest BCUT2D eigenvalue weighted by atomic mass is 35.5. The van der Waals surface area contributed by atoms with E-state index in [1.54, 1.807) is 0 Å². The molecule has 8 nitrogen and oxygen atoms in total. The van der Waals surface area contributed by atoms with Gasteiger partial charge in [0.2, 0.25) is 11.1 Å². The van der Waals surface area contributed by atoms with Crippen molar-refractivity contribution in [2.24, 2.45) is 0 Å². The fourth-order valence-corrected chi connectivity index (χ4v) is 2.24. The second-order valence-corrected chi connectivity index (χ2v) is 4.92. The maximum absolute atomic E-state index is 13.8. The van der Waals surface area contributed by atoms with Gasteiger partial charge in [0.05, 0.1) is 10.5 Å². The van der Waals surface area contributed by atoms with E-state index in [1.165, 1.54) is 6.92 Å². The van der Waals surface area contributed by atoms with Gasteiger partial charge in [-0.3, -0.25) is 10.1 Å². The molecule has 0 amide bonds. The van der Waals surface area contributed by atoms with Crippen LogP contribution >= 0.6 is 11.6 Å². The average Bonchev–Trinajstić information content (AvgIpc) is 2.44. The molecule has 2 aromatic rings. The average molecular weight is 359 g/mol. The quantitative estimate of drug-likeness (QED) is 0.479. The summed E-state index contributed by atoms with van der Waals surface area (Å²) in [6, 6.07) is 0.822. The zero-order valence-electron chi connectivity index (χ0n) is 12.0. The lowest BCUT2D eigenvalue weighted by Gasteiger charge is -2.17. The number of aliphatic carboxylic acids is 1. The van der Waals surface area contributed by atoms with Gasteiger partial charge in [0.25, 0.3) is 0 Å². The minimum atomic E-state index is -1.96. The predicted molar refractivity (Wildman–Crippen MR) is 78.8 cm³/mol. The SMILES string of the molecule is Cc1nc(Cl)nc(NC(C(=O)O)c2c(F)cccc2F)c1[N+](=O)[O-]. The molecular formula is C13H9ClF2N4O4. The lowest BCUT2D eigenvalue weighted by molar-refractivity contribution is -0.385. The van der Waals surface area contributed by atoms with E-state index in [2.05, 4.69) is 15.3 Å². The summed E-state index contributed by atoms with van der Waals surface area (Å²) in [5.41, 5.74) is -1.60. The van der Waals surface area contributed by atoms with Gasteiger partial charge < -0.3 is 10.4 Å². The molecule has 0 radical (unpaired) electrons. The van der Waals surface area contributed by atoms with Crippen LogP contribution in [0.4, 0.5) is 20.3 Å². The van der Waals surface area contributed by atoms with Crippen LogP contribution in [0.2, 0.25) is 5.28 Å². The maximum Gasteiger partial charge on any atom is 0.332 e. The number of carboxylic acids is 1. The molecule has 2 N–H and O–H groups in total. The molecule has 0 spiro atoms. The number of aromatic nitrogens is 2. The fraction of sp³-hybridized carbons (Fsp3) is 0.154. The van der Waals surface area contributed by atoms with Crippen molar-refractivity contribution in [1.82, 2.24) is 9.97 Å². The number of anilines is 1. The van der Waals surface area contributed by atoms with E-state index < -0.39 is 50.9 Å². The summed E-state index contributed by atoms with van der Waals surface area (Å²) in [6.07, 6.45) is 0. The summed E-state index contributed by atoms with van der Waals surface area (Å²) >= 11 is 5.62. The summed E-state index contributed by atoms with van der Waals surface area (Å²) < 4.78 is 27.7. The van der Waals surface area contributed by atoms with Crippen LogP contribution in [0.5, 0.6) is 0 Å². The van der Waals surface area contributed by atoms with E-state index in [-0.39, 0.29) is 5.69 Å². The van der Waals surface area contributed by atoms with E-state index in [0.29, 0.717) is 0 Å². The van der Waals surface area contributed by atoms with Gasteiger partial charge in [0, 0.05) is 0 Å². The van der Waals surface area contributed by atoms with Crippen LogP contribution in [0.25, 0.3) is 0 Å². The van der Waals surface area contributed by atoms with Crippen molar-refractivity contribution >= 4 is 29.1 Å². The number of nitro groups is 1. The summed E-state index contributed by atoms with van der Waals surface area (Å²) in [5.74, 6) is -4.49. The van der Waals surface area contributed by atoms with E-state index in [1.807, 2.05) is 0 Å². The van der Waals surface area contributed by atoms with Crippen molar-refractivity contribution in [1.29, 1.82) is 0 Å². The third-order valence-electron chi connectivity index (χ3n) is 3.03. The number of hydrogen-bond donors (Lipinski definition) is 2. The van der Waals surface area contributed by atoms with Gasteiger partial charge >= 0.3 is 11.7 Å². The van der Waals surface area contributed by atoms with Crippen LogP contribution in [0.15, 0.2) is 18.2 Å². The highest BCUT2D eigenvalue weighted by molar-refractivity contribution is 6.28. The molecule has 0 fully saturated rings. The molecule has 1 aromatic heterocycles. The number of hydrogen-bond acceptors (Lipinski definition) is 6. The Morgan fingerprint density at radius 1 is 1.38 bits per heavy atom. The Balaban J connectivity index is 2.58. The molecular weight excluding hydrogens is 350 g/mol. The second kappa shape index (κ2) is 6.71. The minimum Gasteiger partial charge on any atom is -0.479 e. The molecule has 0 aliphatic carbocycles. The van der Waals surface area contributed by atoms with Gasteiger partial charge in [-0.05, 0) is 30.7 Å². The van der Waals surface area contributed by atoms with Gasteiger partial charge in [0.1, 0.15) is 17.3 Å². The third-order valence-corrected chi connectivity index (χ3v) is 3.20. The minimum absolute atomic E-state index is 0.138. The number of nitrogens with one attached hydrogen (secondary N) is 1. The first-order chi connectivity index (χ1) is 11.2. The topological polar surface area (TPSA) is 118 Å². The largest absolute Gasteiger partial charge is 0.479 e. The van der Waals surface area contributed by atoms with E-state index in [0.717, 1.165) is 18.2 Å². The Morgan fingerprint density at radius 2 is 1.96 bits per heavy atom. The molecule has 1 heterocycles. The monoisotopic (exact) mass is 358 g/mol. The Kier molecular flexibility index (Phi) is 4.88. The molecule has 2 rings (SSSR count). The van der Waals surface area contributed by atoms with Crippen LogP contribution in [-0.4, -0.2) is 26.0 Å². The number of carboxylic acid groups (broad SMARTS) is 1. The van der Waals surface area contributed by atoms with Crippen LogP contribution < -0.4 is 5.32 Å².